The normalized spacial score (nSPS) is 14.2. The van der Waals surface area contributed by atoms with Crippen LogP contribution in [-0.2, 0) is 22.5 Å². The number of carbonyl (C=O) groups is 1. The first-order chi connectivity index (χ1) is 13.0. The second kappa shape index (κ2) is 8.77. The van der Waals surface area contributed by atoms with Gasteiger partial charge in [-0.3, -0.25) is 14.6 Å². The lowest BCUT2D eigenvalue weighted by Crippen LogP contribution is -2.38. The van der Waals surface area contributed by atoms with Crippen LogP contribution in [0, 0.1) is 12.7 Å². The number of halogens is 1. The summed E-state index contributed by atoms with van der Waals surface area (Å²) in [4.78, 5) is 33.7. The van der Waals surface area contributed by atoms with Crippen molar-refractivity contribution in [1.29, 1.82) is 0 Å². The van der Waals surface area contributed by atoms with E-state index in [2.05, 4.69) is 15.3 Å². The molecule has 0 aliphatic carbocycles. The molecular formula is C19H23FN4O3. The summed E-state index contributed by atoms with van der Waals surface area (Å²) in [7, 11) is 0. The maximum Gasteiger partial charge on any atom is 0.255 e. The molecule has 2 aromatic rings. The molecule has 0 radical (unpaired) electrons. The maximum atomic E-state index is 13.6. The number of nitrogens with zero attached hydrogens (tertiary/aromatic N) is 2. The first-order valence-corrected chi connectivity index (χ1v) is 8.97. The topological polar surface area (TPSA) is 87.3 Å². The number of aromatic amines is 1. The highest BCUT2D eigenvalue weighted by atomic mass is 19.1. The number of hydrogen-bond donors (Lipinski definition) is 2. The number of anilines is 1. The molecule has 0 saturated carbocycles. The van der Waals surface area contributed by atoms with E-state index in [1.807, 2.05) is 4.90 Å². The number of benzene rings is 1. The second-order valence-electron chi connectivity index (χ2n) is 6.42. The average molecular weight is 374 g/mol. The molecule has 1 fully saturated rings. The molecule has 3 rings (SSSR count). The van der Waals surface area contributed by atoms with Crippen molar-refractivity contribution in [3.63, 3.8) is 0 Å². The van der Waals surface area contributed by atoms with E-state index in [0.29, 0.717) is 49.1 Å². The highest BCUT2D eigenvalue weighted by molar-refractivity contribution is 5.76. The molecule has 1 saturated heterocycles. The summed E-state index contributed by atoms with van der Waals surface area (Å²) in [5.74, 6) is -0.0594. The number of H-pyrrole nitrogens is 1. The van der Waals surface area contributed by atoms with E-state index >= 15 is 0 Å². The van der Waals surface area contributed by atoms with Crippen LogP contribution in [0.1, 0.15) is 23.2 Å². The maximum absolute atomic E-state index is 13.6. The van der Waals surface area contributed by atoms with Crippen molar-refractivity contribution in [2.24, 2.45) is 0 Å². The van der Waals surface area contributed by atoms with E-state index < -0.39 is 0 Å². The van der Waals surface area contributed by atoms with Crippen molar-refractivity contribution < 1.29 is 13.9 Å². The Morgan fingerprint density at radius 2 is 2.07 bits per heavy atom. The van der Waals surface area contributed by atoms with Gasteiger partial charge in [0, 0.05) is 42.9 Å². The van der Waals surface area contributed by atoms with Gasteiger partial charge in [0.1, 0.15) is 5.82 Å². The minimum Gasteiger partial charge on any atom is -0.378 e. The first kappa shape index (κ1) is 19.0. The number of rotatable bonds is 6. The predicted octanol–water partition coefficient (Wildman–Crippen LogP) is 1.30. The number of carbonyl (C=O) groups excluding carboxylic acids is 1. The molecule has 8 heteroatoms. The molecule has 144 valence electrons. The minimum atomic E-state index is -0.354. The Hall–Kier alpha value is -2.74. The Morgan fingerprint density at radius 1 is 1.33 bits per heavy atom. The van der Waals surface area contributed by atoms with Crippen molar-refractivity contribution >= 4 is 11.9 Å². The summed E-state index contributed by atoms with van der Waals surface area (Å²) in [5.41, 5.74) is 1.30. The number of ether oxygens (including phenoxy) is 1. The van der Waals surface area contributed by atoms with Crippen LogP contribution in [0.3, 0.4) is 0 Å². The van der Waals surface area contributed by atoms with Gasteiger partial charge < -0.3 is 15.0 Å². The SMILES string of the molecule is Cc1nc(N2CCOCC2)[nH]c(=O)c1CCC(=O)NCc1ccccc1F. The van der Waals surface area contributed by atoms with Crippen LogP contribution in [0.15, 0.2) is 29.1 Å². The molecule has 7 nitrogen and oxygen atoms in total. The highest BCUT2D eigenvalue weighted by Gasteiger charge is 2.16. The lowest BCUT2D eigenvalue weighted by molar-refractivity contribution is -0.121. The standard InChI is InChI=1S/C19H23FN4O3/c1-13-15(18(26)23-19(22-13)24-8-10-27-11-9-24)6-7-17(25)21-12-14-4-2-3-5-16(14)20/h2-5H,6-12H2,1H3,(H,21,25)(H,22,23,26). The molecule has 2 N–H and O–H groups in total. The molecule has 27 heavy (non-hydrogen) atoms. The number of nitrogens with one attached hydrogen (secondary N) is 2. The fraction of sp³-hybridized carbons (Fsp3) is 0.421. The molecule has 2 heterocycles. The number of morpholine rings is 1. The van der Waals surface area contributed by atoms with E-state index in [-0.39, 0.29) is 36.7 Å². The Bertz CT molecular complexity index is 862. The Labute approximate surface area is 156 Å². The summed E-state index contributed by atoms with van der Waals surface area (Å²) in [6, 6.07) is 6.29. The largest absolute Gasteiger partial charge is 0.378 e. The lowest BCUT2D eigenvalue weighted by Gasteiger charge is -2.27. The zero-order valence-electron chi connectivity index (χ0n) is 15.3. The van der Waals surface area contributed by atoms with Crippen LogP contribution in [-0.4, -0.2) is 42.2 Å². The van der Waals surface area contributed by atoms with Crippen molar-refractivity contribution in [1.82, 2.24) is 15.3 Å². The molecule has 1 aliphatic rings. The van der Waals surface area contributed by atoms with Crippen LogP contribution >= 0.6 is 0 Å². The monoisotopic (exact) mass is 374 g/mol. The summed E-state index contributed by atoms with van der Waals surface area (Å²) >= 11 is 0. The molecule has 1 aliphatic heterocycles. The van der Waals surface area contributed by atoms with Gasteiger partial charge in [-0.2, -0.15) is 0 Å². The second-order valence-corrected chi connectivity index (χ2v) is 6.42. The highest BCUT2D eigenvalue weighted by Crippen LogP contribution is 2.11. The predicted molar refractivity (Wildman–Crippen MR) is 99.2 cm³/mol. The zero-order chi connectivity index (χ0) is 19.2. The van der Waals surface area contributed by atoms with E-state index in [9.17, 15) is 14.0 Å². The summed E-state index contributed by atoms with van der Waals surface area (Å²) < 4.78 is 18.9. The van der Waals surface area contributed by atoms with Gasteiger partial charge in [-0.15, -0.1) is 0 Å². The van der Waals surface area contributed by atoms with E-state index in [1.165, 1.54) is 6.07 Å². The van der Waals surface area contributed by atoms with Crippen LogP contribution in [0.2, 0.25) is 0 Å². The molecule has 0 spiro atoms. The van der Waals surface area contributed by atoms with Gasteiger partial charge in [0.15, 0.2) is 0 Å². The molecule has 0 atom stereocenters. The summed E-state index contributed by atoms with van der Waals surface area (Å²) in [6.45, 7) is 4.46. The van der Waals surface area contributed by atoms with E-state index in [4.69, 9.17) is 4.74 Å². The molecular weight excluding hydrogens is 351 g/mol. The third kappa shape index (κ3) is 4.91. The quantitative estimate of drug-likeness (QED) is 0.796. The summed E-state index contributed by atoms with van der Waals surface area (Å²) in [5, 5.41) is 2.68. The molecule has 1 amide bonds. The van der Waals surface area contributed by atoms with Crippen molar-refractivity contribution in [3.05, 3.63) is 57.3 Å². The summed E-state index contributed by atoms with van der Waals surface area (Å²) in [6.07, 6.45) is 0.414. The number of amides is 1. The van der Waals surface area contributed by atoms with Gasteiger partial charge in [-0.25, -0.2) is 9.37 Å². The van der Waals surface area contributed by atoms with E-state index in [1.54, 1.807) is 25.1 Å². The number of aryl methyl sites for hydroxylation is 1. The molecule has 0 bridgehead atoms. The zero-order valence-corrected chi connectivity index (χ0v) is 15.3. The fourth-order valence-electron chi connectivity index (χ4n) is 2.98. The first-order valence-electron chi connectivity index (χ1n) is 8.97. The average Bonchev–Trinajstić information content (AvgIpc) is 2.67. The molecule has 0 unspecified atom stereocenters. The smallest absolute Gasteiger partial charge is 0.255 e. The Kier molecular flexibility index (Phi) is 6.18. The van der Waals surface area contributed by atoms with Gasteiger partial charge in [-0.05, 0) is 19.4 Å². The van der Waals surface area contributed by atoms with Gasteiger partial charge in [0.2, 0.25) is 11.9 Å². The number of hydrogen-bond acceptors (Lipinski definition) is 5. The van der Waals surface area contributed by atoms with Gasteiger partial charge >= 0.3 is 0 Å². The van der Waals surface area contributed by atoms with Crippen molar-refractivity contribution in [2.75, 3.05) is 31.2 Å². The van der Waals surface area contributed by atoms with Crippen LogP contribution in [0.25, 0.3) is 0 Å². The Morgan fingerprint density at radius 3 is 2.78 bits per heavy atom. The van der Waals surface area contributed by atoms with Gasteiger partial charge in [0.05, 0.1) is 13.2 Å². The van der Waals surface area contributed by atoms with Crippen LogP contribution in [0.4, 0.5) is 10.3 Å². The van der Waals surface area contributed by atoms with Crippen molar-refractivity contribution in [2.45, 2.75) is 26.3 Å². The third-order valence-electron chi connectivity index (χ3n) is 4.56. The minimum absolute atomic E-state index is 0.120. The van der Waals surface area contributed by atoms with E-state index in [0.717, 1.165) is 0 Å². The third-order valence-corrected chi connectivity index (χ3v) is 4.56. The van der Waals surface area contributed by atoms with Crippen molar-refractivity contribution in [3.8, 4) is 0 Å². The fourth-order valence-corrected chi connectivity index (χ4v) is 2.98. The van der Waals surface area contributed by atoms with Gasteiger partial charge in [-0.1, -0.05) is 18.2 Å². The molecule has 1 aromatic heterocycles. The Balaban J connectivity index is 1.58. The van der Waals surface area contributed by atoms with Gasteiger partial charge in [0.25, 0.3) is 5.56 Å². The lowest BCUT2D eigenvalue weighted by atomic mass is 10.1. The molecule has 1 aromatic carbocycles. The number of aromatic nitrogens is 2. The van der Waals surface area contributed by atoms with Crippen LogP contribution in [0.5, 0.6) is 0 Å². The van der Waals surface area contributed by atoms with Crippen LogP contribution < -0.4 is 15.8 Å².